The molecule has 1 aliphatic carbocycles. The zero-order valence-electron chi connectivity index (χ0n) is 17.7. The summed E-state index contributed by atoms with van der Waals surface area (Å²) in [6, 6.07) is 21.1. The van der Waals surface area contributed by atoms with Crippen molar-refractivity contribution in [1.82, 2.24) is 9.80 Å². The molecule has 0 aromatic heterocycles. The van der Waals surface area contributed by atoms with Crippen molar-refractivity contribution in [3.8, 4) is 0 Å². The van der Waals surface area contributed by atoms with Crippen molar-refractivity contribution in [1.29, 1.82) is 0 Å². The molecule has 0 N–H and O–H groups in total. The smallest absolute Gasteiger partial charge is 0.0236 e. The molecule has 0 amide bonds. The Kier molecular flexibility index (Phi) is 6.49. The summed E-state index contributed by atoms with van der Waals surface area (Å²) >= 11 is 0. The molecular formula is C26H36N2. The van der Waals surface area contributed by atoms with Crippen LogP contribution in [0.5, 0.6) is 0 Å². The average molecular weight is 377 g/mol. The van der Waals surface area contributed by atoms with Crippen LogP contribution in [0.25, 0.3) is 0 Å². The molecule has 28 heavy (non-hydrogen) atoms. The van der Waals surface area contributed by atoms with E-state index in [-0.39, 0.29) is 0 Å². The van der Waals surface area contributed by atoms with E-state index < -0.39 is 0 Å². The van der Waals surface area contributed by atoms with Gasteiger partial charge in [-0.05, 0) is 81.1 Å². The lowest BCUT2D eigenvalue weighted by Gasteiger charge is -2.40. The van der Waals surface area contributed by atoms with Crippen molar-refractivity contribution in [2.45, 2.75) is 64.6 Å². The molecule has 1 aliphatic heterocycles. The summed E-state index contributed by atoms with van der Waals surface area (Å²) in [5, 5.41) is 0. The van der Waals surface area contributed by atoms with Gasteiger partial charge in [0, 0.05) is 25.7 Å². The molecule has 2 aromatic rings. The molecule has 150 valence electrons. The molecule has 2 nitrogen and oxygen atoms in total. The Morgan fingerprint density at radius 3 is 2.21 bits per heavy atom. The summed E-state index contributed by atoms with van der Waals surface area (Å²) in [4.78, 5) is 5.23. The molecule has 0 unspecified atom stereocenters. The van der Waals surface area contributed by atoms with E-state index in [9.17, 15) is 0 Å². The van der Waals surface area contributed by atoms with Gasteiger partial charge in [0.15, 0.2) is 0 Å². The minimum atomic E-state index is 0.601. The predicted molar refractivity (Wildman–Crippen MR) is 118 cm³/mol. The highest BCUT2D eigenvalue weighted by atomic mass is 15.1. The van der Waals surface area contributed by atoms with Crippen molar-refractivity contribution >= 4 is 0 Å². The van der Waals surface area contributed by atoms with Crippen LogP contribution in [0.3, 0.4) is 0 Å². The normalized spacial score (nSPS) is 22.7. The molecular weight excluding hydrogens is 340 g/mol. The van der Waals surface area contributed by atoms with E-state index in [4.69, 9.17) is 0 Å². The maximum absolute atomic E-state index is 2.65. The van der Waals surface area contributed by atoms with Gasteiger partial charge >= 0.3 is 0 Å². The molecule has 2 heteroatoms. The van der Waals surface area contributed by atoms with Crippen molar-refractivity contribution in [3.05, 3.63) is 71.3 Å². The van der Waals surface area contributed by atoms with Crippen LogP contribution in [0.4, 0.5) is 0 Å². The first-order valence-electron chi connectivity index (χ1n) is 11.3. The number of nitrogens with zero attached hydrogens (tertiary/aromatic N) is 2. The van der Waals surface area contributed by atoms with Crippen LogP contribution in [0, 0.1) is 5.92 Å². The quantitative estimate of drug-likeness (QED) is 0.584. The summed E-state index contributed by atoms with van der Waals surface area (Å²) in [6.45, 7) is 10.7. The van der Waals surface area contributed by atoms with E-state index >= 15 is 0 Å². The van der Waals surface area contributed by atoms with Gasteiger partial charge in [-0.1, -0.05) is 54.6 Å². The Bertz CT molecular complexity index is 710. The molecule has 0 spiro atoms. The first kappa shape index (κ1) is 19.7. The summed E-state index contributed by atoms with van der Waals surface area (Å²) in [7, 11) is 0. The molecule has 2 aliphatic rings. The maximum atomic E-state index is 2.65. The van der Waals surface area contributed by atoms with Gasteiger partial charge in [-0.15, -0.1) is 0 Å². The number of hydrogen-bond donors (Lipinski definition) is 0. The molecule has 1 heterocycles. The lowest BCUT2D eigenvalue weighted by molar-refractivity contribution is 0.126. The van der Waals surface area contributed by atoms with E-state index in [1.165, 1.54) is 56.4 Å². The molecule has 0 radical (unpaired) electrons. The van der Waals surface area contributed by atoms with Gasteiger partial charge in [0.2, 0.25) is 0 Å². The Morgan fingerprint density at radius 2 is 1.57 bits per heavy atom. The van der Waals surface area contributed by atoms with E-state index in [0.717, 1.165) is 24.9 Å². The monoisotopic (exact) mass is 376 g/mol. The Hall–Kier alpha value is -1.64. The van der Waals surface area contributed by atoms with Crippen molar-refractivity contribution in [2.24, 2.45) is 5.92 Å². The minimum absolute atomic E-state index is 0.601. The fourth-order valence-corrected chi connectivity index (χ4v) is 4.86. The Balaban J connectivity index is 1.26. The average Bonchev–Trinajstić information content (AvgIpc) is 3.18. The highest BCUT2D eigenvalue weighted by Gasteiger charge is 2.32. The third-order valence-corrected chi connectivity index (χ3v) is 6.74. The van der Waals surface area contributed by atoms with Gasteiger partial charge in [-0.3, -0.25) is 9.80 Å². The second-order valence-electron chi connectivity index (χ2n) is 9.27. The third kappa shape index (κ3) is 5.04. The molecule has 0 bridgehead atoms. The molecule has 2 fully saturated rings. The highest BCUT2D eigenvalue weighted by Crippen LogP contribution is 2.42. The van der Waals surface area contributed by atoms with Gasteiger partial charge in [-0.2, -0.15) is 0 Å². The van der Waals surface area contributed by atoms with Crippen LogP contribution >= 0.6 is 0 Å². The summed E-state index contributed by atoms with van der Waals surface area (Å²) in [6.07, 6.45) is 5.45. The summed E-state index contributed by atoms with van der Waals surface area (Å²) in [5.41, 5.74) is 4.47. The summed E-state index contributed by atoms with van der Waals surface area (Å²) < 4.78 is 0. The fourth-order valence-electron chi connectivity index (χ4n) is 4.86. The highest BCUT2D eigenvalue weighted by molar-refractivity contribution is 5.27. The number of likely N-dealkylation sites (tertiary alicyclic amines) is 1. The second kappa shape index (κ2) is 9.24. The van der Waals surface area contributed by atoms with Crippen LogP contribution in [0.2, 0.25) is 0 Å². The van der Waals surface area contributed by atoms with Crippen LogP contribution in [-0.4, -0.2) is 35.5 Å². The standard InChI is InChI=1S/C26H36N2/c1-21(2)28(19-22-8-4-3-5-9-22)20-24-16-26(17-24)25-12-10-23(11-13-25)18-27-14-6-7-15-27/h3-5,8-13,21,24,26H,6-7,14-20H2,1-2H3. The predicted octanol–water partition coefficient (Wildman–Crippen LogP) is 5.69. The van der Waals surface area contributed by atoms with Crippen molar-refractivity contribution in [3.63, 3.8) is 0 Å². The van der Waals surface area contributed by atoms with Crippen LogP contribution in [0.15, 0.2) is 54.6 Å². The lowest BCUT2D eigenvalue weighted by atomic mass is 9.71. The number of hydrogen-bond acceptors (Lipinski definition) is 2. The third-order valence-electron chi connectivity index (χ3n) is 6.74. The molecule has 1 saturated carbocycles. The van der Waals surface area contributed by atoms with E-state index in [0.29, 0.717) is 6.04 Å². The molecule has 2 aromatic carbocycles. The fraction of sp³-hybridized carbons (Fsp3) is 0.538. The molecule has 4 rings (SSSR count). The SMILES string of the molecule is CC(C)N(Cc1ccccc1)CC1CC(c2ccc(CN3CCCC3)cc2)C1. The lowest BCUT2D eigenvalue weighted by Crippen LogP contribution is -2.39. The number of rotatable bonds is 8. The van der Waals surface area contributed by atoms with Crippen LogP contribution in [0.1, 0.15) is 62.1 Å². The summed E-state index contributed by atoms with van der Waals surface area (Å²) in [5.74, 6) is 1.62. The van der Waals surface area contributed by atoms with E-state index in [2.05, 4.69) is 78.2 Å². The van der Waals surface area contributed by atoms with Gasteiger partial charge in [-0.25, -0.2) is 0 Å². The van der Waals surface area contributed by atoms with Crippen LogP contribution < -0.4 is 0 Å². The van der Waals surface area contributed by atoms with Crippen molar-refractivity contribution < 1.29 is 0 Å². The van der Waals surface area contributed by atoms with E-state index in [1.54, 1.807) is 5.56 Å². The first-order chi connectivity index (χ1) is 13.7. The van der Waals surface area contributed by atoms with Gasteiger partial charge in [0.05, 0.1) is 0 Å². The van der Waals surface area contributed by atoms with Gasteiger partial charge < -0.3 is 0 Å². The Labute approximate surface area is 171 Å². The van der Waals surface area contributed by atoms with Crippen molar-refractivity contribution in [2.75, 3.05) is 19.6 Å². The molecule has 0 atom stereocenters. The largest absolute Gasteiger partial charge is 0.299 e. The number of benzene rings is 2. The first-order valence-corrected chi connectivity index (χ1v) is 11.3. The zero-order valence-corrected chi connectivity index (χ0v) is 17.7. The Morgan fingerprint density at radius 1 is 0.893 bits per heavy atom. The zero-order chi connectivity index (χ0) is 19.3. The molecule has 1 saturated heterocycles. The second-order valence-corrected chi connectivity index (χ2v) is 9.27. The van der Waals surface area contributed by atoms with E-state index in [1.807, 2.05) is 0 Å². The van der Waals surface area contributed by atoms with Gasteiger partial charge in [0.1, 0.15) is 0 Å². The minimum Gasteiger partial charge on any atom is -0.299 e. The topological polar surface area (TPSA) is 6.48 Å². The van der Waals surface area contributed by atoms with Gasteiger partial charge in [0.25, 0.3) is 0 Å². The van der Waals surface area contributed by atoms with Crippen LogP contribution in [-0.2, 0) is 13.1 Å². The maximum Gasteiger partial charge on any atom is 0.0236 e.